The molecule has 0 aliphatic heterocycles. The molecule has 0 bridgehead atoms. The molecule has 0 aliphatic carbocycles. The predicted molar refractivity (Wildman–Crippen MR) is 96.0 cm³/mol. The summed E-state index contributed by atoms with van der Waals surface area (Å²) < 4.78 is 44.2. The number of carbonyl (C=O) groups is 1. The van der Waals surface area contributed by atoms with E-state index in [1.807, 2.05) is 13.0 Å². The van der Waals surface area contributed by atoms with Crippen LogP contribution in [0.3, 0.4) is 0 Å². The number of ether oxygens (including phenoxy) is 1. The van der Waals surface area contributed by atoms with Crippen molar-refractivity contribution in [3.63, 3.8) is 0 Å². The molecule has 1 amide bonds. The van der Waals surface area contributed by atoms with Gasteiger partial charge in [-0.25, -0.2) is 0 Å². The first-order valence-corrected chi connectivity index (χ1v) is 8.33. The number of nitrogens with zero attached hydrogens (tertiary/aromatic N) is 2. The van der Waals surface area contributed by atoms with E-state index >= 15 is 0 Å². The average Bonchev–Trinajstić information content (AvgIpc) is 2.60. The lowest BCUT2D eigenvalue weighted by Gasteiger charge is -2.24. The maximum absolute atomic E-state index is 12.9. The van der Waals surface area contributed by atoms with E-state index in [1.54, 1.807) is 19.1 Å². The molecule has 0 atom stereocenters. The fourth-order valence-corrected chi connectivity index (χ4v) is 2.57. The molecule has 0 unspecified atom stereocenters. The van der Waals surface area contributed by atoms with E-state index in [1.165, 1.54) is 24.3 Å². The second-order valence-corrected chi connectivity index (χ2v) is 6.31. The summed E-state index contributed by atoms with van der Waals surface area (Å²) in [5, 5.41) is 11.1. The van der Waals surface area contributed by atoms with Crippen LogP contribution in [0.1, 0.15) is 16.7 Å². The third kappa shape index (κ3) is 5.97. The maximum Gasteiger partial charge on any atom is 0.406 e. The fourth-order valence-electron chi connectivity index (χ4n) is 2.57. The lowest BCUT2D eigenvalue weighted by atomic mass is 10.1. The Balaban J connectivity index is 2.19. The van der Waals surface area contributed by atoms with Gasteiger partial charge in [-0.2, -0.15) is 13.2 Å². The Morgan fingerprint density at radius 2 is 1.86 bits per heavy atom. The molecule has 2 aromatic carbocycles. The van der Waals surface area contributed by atoms with Crippen molar-refractivity contribution in [2.24, 2.45) is 0 Å². The number of nitro benzene ring substituents is 1. The van der Waals surface area contributed by atoms with Crippen LogP contribution in [0.2, 0.25) is 0 Å². The largest absolute Gasteiger partial charge is 0.483 e. The summed E-state index contributed by atoms with van der Waals surface area (Å²) in [5.74, 6) is -0.526. The van der Waals surface area contributed by atoms with Crippen LogP contribution in [0, 0.1) is 24.0 Å². The summed E-state index contributed by atoms with van der Waals surface area (Å²) in [6, 6.07) is 10.7. The number of alkyl halides is 3. The number of hydrogen-bond acceptors (Lipinski definition) is 4. The summed E-state index contributed by atoms with van der Waals surface area (Å²) in [7, 11) is 0. The molecule has 0 spiro atoms. The monoisotopic (exact) mass is 396 g/mol. The number of hydrogen-bond donors (Lipinski definition) is 0. The van der Waals surface area contributed by atoms with E-state index in [0.29, 0.717) is 10.6 Å². The van der Waals surface area contributed by atoms with Gasteiger partial charge in [-0.15, -0.1) is 0 Å². The SMILES string of the molecule is Cc1ccc(C)c(OCC(=O)N(Cc2ccccc2[N+](=O)[O-])CC(F)(F)F)c1. The number of benzene rings is 2. The van der Waals surface area contributed by atoms with E-state index in [0.717, 1.165) is 11.1 Å². The molecule has 0 radical (unpaired) electrons. The van der Waals surface area contributed by atoms with E-state index in [9.17, 15) is 28.1 Å². The third-order valence-corrected chi connectivity index (χ3v) is 3.97. The lowest BCUT2D eigenvalue weighted by Crippen LogP contribution is -2.41. The molecule has 0 aromatic heterocycles. The Morgan fingerprint density at radius 3 is 2.50 bits per heavy atom. The van der Waals surface area contributed by atoms with E-state index < -0.39 is 36.7 Å². The Bertz CT molecular complexity index is 868. The van der Waals surface area contributed by atoms with Crippen LogP contribution in [0.15, 0.2) is 42.5 Å². The molecule has 0 heterocycles. The van der Waals surface area contributed by atoms with Gasteiger partial charge < -0.3 is 9.64 Å². The Labute approximate surface area is 159 Å². The first kappa shape index (κ1) is 21.2. The molecule has 6 nitrogen and oxygen atoms in total. The van der Waals surface area contributed by atoms with Gasteiger partial charge in [0.1, 0.15) is 12.3 Å². The van der Waals surface area contributed by atoms with Crippen molar-refractivity contribution >= 4 is 11.6 Å². The molecule has 28 heavy (non-hydrogen) atoms. The number of halogens is 3. The number of para-hydroxylation sites is 1. The molecule has 2 aromatic rings. The molecular formula is C19H19F3N2O4. The standard InChI is InChI=1S/C19H19F3N2O4/c1-13-7-8-14(2)17(9-13)28-11-18(25)23(12-19(20,21)22)10-15-5-3-4-6-16(15)24(26)27/h3-9H,10-12H2,1-2H3. The fraction of sp³-hybridized carbons (Fsp3) is 0.316. The van der Waals surface area contributed by atoms with Crippen molar-refractivity contribution in [2.45, 2.75) is 26.6 Å². The average molecular weight is 396 g/mol. The third-order valence-electron chi connectivity index (χ3n) is 3.97. The summed E-state index contributed by atoms with van der Waals surface area (Å²) >= 11 is 0. The van der Waals surface area contributed by atoms with Gasteiger partial charge in [-0.3, -0.25) is 14.9 Å². The first-order valence-electron chi connectivity index (χ1n) is 8.33. The van der Waals surface area contributed by atoms with Gasteiger partial charge in [0.2, 0.25) is 0 Å². The predicted octanol–water partition coefficient (Wildman–Crippen LogP) is 4.18. The van der Waals surface area contributed by atoms with Gasteiger partial charge in [0, 0.05) is 11.6 Å². The van der Waals surface area contributed by atoms with Crippen LogP contribution in [0.25, 0.3) is 0 Å². The van der Waals surface area contributed by atoms with Crippen molar-refractivity contribution in [1.82, 2.24) is 4.90 Å². The van der Waals surface area contributed by atoms with Crippen molar-refractivity contribution in [3.8, 4) is 5.75 Å². The summed E-state index contributed by atoms with van der Waals surface area (Å²) in [4.78, 5) is 23.3. The van der Waals surface area contributed by atoms with Gasteiger partial charge in [0.05, 0.1) is 11.5 Å². The molecule has 150 valence electrons. The van der Waals surface area contributed by atoms with Crippen LogP contribution in [0.4, 0.5) is 18.9 Å². The highest BCUT2D eigenvalue weighted by atomic mass is 19.4. The molecular weight excluding hydrogens is 377 g/mol. The second kappa shape index (κ2) is 8.73. The molecule has 0 fully saturated rings. The number of rotatable bonds is 7. The highest BCUT2D eigenvalue weighted by Crippen LogP contribution is 2.24. The number of nitro groups is 1. The van der Waals surface area contributed by atoms with Crippen LogP contribution in [-0.4, -0.2) is 35.1 Å². The zero-order chi connectivity index (χ0) is 20.9. The zero-order valence-corrected chi connectivity index (χ0v) is 15.3. The highest BCUT2D eigenvalue weighted by Gasteiger charge is 2.34. The Hall–Kier alpha value is -3.10. The lowest BCUT2D eigenvalue weighted by molar-refractivity contribution is -0.385. The topological polar surface area (TPSA) is 72.7 Å². The second-order valence-electron chi connectivity index (χ2n) is 6.31. The van der Waals surface area contributed by atoms with Gasteiger partial charge >= 0.3 is 6.18 Å². The van der Waals surface area contributed by atoms with Crippen molar-refractivity contribution in [2.75, 3.05) is 13.2 Å². The Kier molecular flexibility index (Phi) is 6.61. The van der Waals surface area contributed by atoms with E-state index in [-0.39, 0.29) is 11.3 Å². The quantitative estimate of drug-likeness (QED) is 0.520. The maximum atomic E-state index is 12.9. The molecule has 0 aliphatic rings. The van der Waals surface area contributed by atoms with E-state index in [2.05, 4.69) is 0 Å². The van der Waals surface area contributed by atoms with Gasteiger partial charge in [-0.1, -0.05) is 30.3 Å². The summed E-state index contributed by atoms with van der Waals surface area (Å²) in [6.07, 6.45) is -4.65. The van der Waals surface area contributed by atoms with Crippen LogP contribution >= 0.6 is 0 Å². The first-order chi connectivity index (χ1) is 13.1. The summed E-state index contributed by atoms with van der Waals surface area (Å²) in [5.41, 5.74) is 1.27. The minimum atomic E-state index is -4.65. The van der Waals surface area contributed by atoms with Gasteiger partial charge in [-0.05, 0) is 31.0 Å². The highest BCUT2D eigenvalue weighted by molar-refractivity contribution is 5.78. The Morgan fingerprint density at radius 1 is 1.18 bits per heavy atom. The van der Waals surface area contributed by atoms with Crippen LogP contribution < -0.4 is 4.74 Å². The van der Waals surface area contributed by atoms with Crippen LogP contribution in [0.5, 0.6) is 5.75 Å². The number of aryl methyl sites for hydroxylation is 2. The van der Waals surface area contributed by atoms with Crippen LogP contribution in [-0.2, 0) is 11.3 Å². The minimum Gasteiger partial charge on any atom is -0.483 e. The smallest absolute Gasteiger partial charge is 0.406 e. The number of amides is 1. The zero-order valence-electron chi connectivity index (χ0n) is 15.3. The normalized spacial score (nSPS) is 11.2. The van der Waals surface area contributed by atoms with Gasteiger partial charge in [0.15, 0.2) is 6.61 Å². The molecule has 9 heteroatoms. The van der Waals surface area contributed by atoms with Crippen molar-refractivity contribution in [1.29, 1.82) is 0 Å². The summed E-state index contributed by atoms with van der Waals surface area (Å²) in [6.45, 7) is 0.874. The molecule has 0 N–H and O–H groups in total. The van der Waals surface area contributed by atoms with Crippen molar-refractivity contribution in [3.05, 3.63) is 69.3 Å². The molecule has 0 saturated carbocycles. The minimum absolute atomic E-state index is 0.0110. The van der Waals surface area contributed by atoms with E-state index in [4.69, 9.17) is 4.74 Å². The molecule has 0 saturated heterocycles. The number of carbonyl (C=O) groups excluding carboxylic acids is 1. The van der Waals surface area contributed by atoms with Gasteiger partial charge in [0.25, 0.3) is 11.6 Å². The molecule has 2 rings (SSSR count). The van der Waals surface area contributed by atoms with Crippen molar-refractivity contribution < 1.29 is 27.6 Å².